The van der Waals surface area contributed by atoms with Crippen molar-refractivity contribution in [1.82, 2.24) is 10.2 Å². The molecule has 1 fully saturated rings. The molecule has 1 aromatic heterocycles. The van der Waals surface area contributed by atoms with E-state index < -0.39 is 0 Å². The lowest BCUT2D eigenvalue weighted by Gasteiger charge is -2.16. The number of nitrogens with zero attached hydrogens (tertiary/aromatic N) is 3. The van der Waals surface area contributed by atoms with Crippen LogP contribution in [0.2, 0.25) is 0 Å². The first-order valence-corrected chi connectivity index (χ1v) is 9.68. The first-order valence-electron chi connectivity index (χ1n) is 8.89. The molecule has 2 heterocycles. The van der Waals surface area contributed by atoms with E-state index in [2.05, 4.69) is 31.4 Å². The molecule has 148 valence electrons. The Morgan fingerprint density at radius 3 is 2.69 bits per heavy atom. The van der Waals surface area contributed by atoms with Gasteiger partial charge in [0.1, 0.15) is 5.75 Å². The average Bonchev–Trinajstić information content (AvgIpc) is 3.35. The molecule has 0 saturated carbocycles. The van der Waals surface area contributed by atoms with Crippen LogP contribution in [0.1, 0.15) is 28.6 Å². The van der Waals surface area contributed by atoms with Crippen LogP contribution in [0.25, 0.3) is 0 Å². The van der Waals surface area contributed by atoms with Crippen molar-refractivity contribution in [3.63, 3.8) is 0 Å². The van der Waals surface area contributed by atoms with Crippen molar-refractivity contribution >= 4 is 39.4 Å². The van der Waals surface area contributed by atoms with Gasteiger partial charge in [-0.25, -0.2) is 0 Å². The Morgan fingerprint density at radius 1 is 1.21 bits per heavy atom. The molecule has 0 unspecified atom stereocenters. The Labute approximate surface area is 175 Å². The highest BCUT2D eigenvalue weighted by Gasteiger charge is 2.35. The van der Waals surface area contributed by atoms with Gasteiger partial charge in [0, 0.05) is 23.1 Å². The third-order valence-corrected chi connectivity index (χ3v) is 5.33. The van der Waals surface area contributed by atoms with Crippen molar-refractivity contribution in [2.75, 3.05) is 23.9 Å². The van der Waals surface area contributed by atoms with E-state index in [4.69, 9.17) is 9.15 Å². The van der Waals surface area contributed by atoms with Crippen LogP contribution in [0.3, 0.4) is 0 Å². The van der Waals surface area contributed by atoms with Crippen molar-refractivity contribution in [3.8, 4) is 5.75 Å². The molecule has 1 N–H and O–H groups in total. The highest BCUT2D eigenvalue weighted by atomic mass is 79.9. The minimum Gasteiger partial charge on any atom is -0.497 e. The zero-order valence-corrected chi connectivity index (χ0v) is 17.0. The summed E-state index contributed by atoms with van der Waals surface area (Å²) in [5, 5.41) is 10.5. The standard InChI is InChI=1S/C20H17BrN4O4/c1-28-14-8-6-13(7-9-14)25-11-12(10-17(25)26)19-23-24-20(29-19)22-18(27)15-4-2-3-5-16(15)21/h2-9,12H,10-11H2,1H3,(H,22,24,27)/t12-/m1/s1. The van der Waals surface area contributed by atoms with Gasteiger partial charge in [0.15, 0.2) is 0 Å². The number of hydrogen-bond acceptors (Lipinski definition) is 6. The number of nitrogens with one attached hydrogen (secondary N) is 1. The van der Waals surface area contributed by atoms with Crippen LogP contribution < -0.4 is 15.0 Å². The van der Waals surface area contributed by atoms with E-state index >= 15 is 0 Å². The van der Waals surface area contributed by atoms with Crippen LogP contribution in [0, 0.1) is 0 Å². The second-order valence-corrected chi connectivity index (χ2v) is 7.34. The number of rotatable bonds is 5. The van der Waals surface area contributed by atoms with Gasteiger partial charge < -0.3 is 14.1 Å². The molecule has 9 heteroatoms. The molecular weight excluding hydrogens is 440 g/mol. The number of benzene rings is 2. The molecule has 1 saturated heterocycles. The molecule has 4 rings (SSSR count). The third-order valence-electron chi connectivity index (χ3n) is 4.64. The average molecular weight is 457 g/mol. The van der Waals surface area contributed by atoms with Crippen LogP contribution in [-0.4, -0.2) is 35.7 Å². The number of halogens is 1. The SMILES string of the molecule is COc1ccc(N2C[C@H](c3nnc(NC(=O)c4ccccc4Br)o3)CC2=O)cc1. The molecule has 8 nitrogen and oxygen atoms in total. The zero-order valence-electron chi connectivity index (χ0n) is 15.5. The van der Waals surface area contributed by atoms with Gasteiger partial charge in [-0.3, -0.25) is 14.9 Å². The number of methoxy groups -OCH3 is 1. The maximum atomic E-state index is 12.4. The quantitative estimate of drug-likeness (QED) is 0.629. The van der Waals surface area contributed by atoms with Crippen LogP contribution in [0.5, 0.6) is 5.75 Å². The Kier molecular flexibility index (Phi) is 5.30. The number of amides is 2. The molecule has 0 bridgehead atoms. The fraction of sp³-hybridized carbons (Fsp3) is 0.200. The summed E-state index contributed by atoms with van der Waals surface area (Å²) in [6.45, 7) is 0.422. The normalized spacial score (nSPS) is 16.1. The summed E-state index contributed by atoms with van der Waals surface area (Å²) in [6.07, 6.45) is 0.256. The molecule has 2 aromatic carbocycles. The first-order chi connectivity index (χ1) is 14.0. The number of anilines is 2. The second-order valence-electron chi connectivity index (χ2n) is 6.48. The lowest BCUT2D eigenvalue weighted by Crippen LogP contribution is -2.24. The van der Waals surface area contributed by atoms with Gasteiger partial charge in [-0.05, 0) is 52.3 Å². The fourth-order valence-corrected chi connectivity index (χ4v) is 3.61. The number of ether oxygens (including phenoxy) is 1. The van der Waals surface area contributed by atoms with Gasteiger partial charge in [-0.15, -0.1) is 5.10 Å². The van der Waals surface area contributed by atoms with E-state index in [0.29, 0.717) is 22.5 Å². The van der Waals surface area contributed by atoms with E-state index in [0.717, 1.165) is 11.4 Å². The summed E-state index contributed by atoms with van der Waals surface area (Å²) in [4.78, 5) is 26.5. The number of hydrogen-bond donors (Lipinski definition) is 1. The topological polar surface area (TPSA) is 97.6 Å². The maximum absolute atomic E-state index is 12.4. The molecular formula is C20H17BrN4O4. The van der Waals surface area contributed by atoms with E-state index in [1.54, 1.807) is 42.3 Å². The van der Waals surface area contributed by atoms with Crippen LogP contribution in [0.4, 0.5) is 11.7 Å². The molecule has 1 atom stereocenters. The fourth-order valence-electron chi connectivity index (χ4n) is 3.14. The summed E-state index contributed by atoms with van der Waals surface area (Å²) in [7, 11) is 1.59. The molecule has 0 spiro atoms. The monoisotopic (exact) mass is 456 g/mol. The predicted molar refractivity (Wildman–Crippen MR) is 109 cm³/mol. The Hall–Kier alpha value is -3.20. The van der Waals surface area contributed by atoms with Gasteiger partial charge in [-0.2, -0.15) is 0 Å². The summed E-state index contributed by atoms with van der Waals surface area (Å²) >= 11 is 3.34. The van der Waals surface area contributed by atoms with Crippen molar-refractivity contribution < 1.29 is 18.7 Å². The smallest absolute Gasteiger partial charge is 0.322 e. The molecule has 1 aliphatic rings. The van der Waals surface area contributed by atoms with Crippen LogP contribution in [0.15, 0.2) is 57.4 Å². The lowest BCUT2D eigenvalue weighted by molar-refractivity contribution is -0.117. The van der Waals surface area contributed by atoms with Gasteiger partial charge in [0.05, 0.1) is 18.6 Å². The highest BCUT2D eigenvalue weighted by molar-refractivity contribution is 9.10. The minimum absolute atomic E-state index is 0.00361. The largest absolute Gasteiger partial charge is 0.497 e. The Morgan fingerprint density at radius 2 is 1.97 bits per heavy atom. The molecule has 0 aliphatic carbocycles. The van der Waals surface area contributed by atoms with Crippen molar-refractivity contribution in [2.45, 2.75) is 12.3 Å². The third kappa shape index (κ3) is 4.00. The molecule has 0 radical (unpaired) electrons. The van der Waals surface area contributed by atoms with Crippen molar-refractivity contribution in [3.05, 3.63) is 64.5 Å². The molecule has 2 amide bonds. The summed E-state index contributed by atoms with van der Waals surface area (Å²) in [5.74, 6) is 0.398. The van der Waals surface area contributed by atoms with Gasteiger partial charge in [0.25, 0.3) is 5.91 Å². The summed E-state index contributed by atoms with van der Waals surface area (Å²) in [5.41, 5.74) is 1.23. The van der Waals surface area contributed by atoms with Crippen molar-refractivity contribution in [1.29, 1.82) is 0 Å². The molecule has 3 aromatic rings. The Balaban J connectivity index is 1.45. The summed E-state index contributed by atoms with van der Waals surface area (Å²) in [6, 6.07) is 14.3. The second kappa shape index (κ2) is 8.04. The van der Waals surface area contributed by atoms with Crippen molar-refractivity contribution in [2.24, 2.45) is 0 Å². The maximum Gasteiger partial charge on any atom is 0.322 e. The minimum atomic E-state index is -0.366. The number of carbonyl (C=O) groups is 2. The Bertz CT molecular complexity index is 1050. The van der Waals surface area contributed by atoms with Crippen LogP contribution in [-0.2, 0) is 4.79 Å². The van der Waals surface area contributed by atoms with E-state index in [9.17, 15) is 9.59 Å². The zero-order chi connectivity index (χ0) is 20.4. The molecule has 29 heavy (non-hydrogen) atoms. The lowest BCUT2D eigenvalue weighted by atomic mass is 10.1. The van der Waals surface area contributed by atoms with E-state index in [1.165, 1.54) is 0 Å². The van der Waals surface area contributed by atoms with E-state index in [-0.39, 0.29) is 30.2 Å². The van der Waals surface area contributed by atoms with E-state index in [1.807, 2.05) is 18.2 Å². The van der Waals surface area contributed by atoms with Gasteiger partial charge >= 0.3 is 6.01 Å². The first kappa shape index (κ1) is 19.1. The number of carbonyl (C=O) groups excluding carboxylic acids is 2. The number of aromatic nitrogens is 2. The summed E-state index contributed by atoms with van der Waals surface area (Å²) < 4.78 is 11.4. The predicted octanol–water partition coefficient (Wildman–Crippen LogP) is 3.61. The molecule has 1 aliphatic heterocycles. The van der Waals surface area contributed by atoms with Gasteiger partial charge in [0.2, 0.25) is 11.8 Å². The highest BCUT2D eigenvalue weighted by Crippen LogP contribution is 2.32. The van der Waals surface area contributed by atoms with Crippen LogP contribution >= 0.6 is 15.9 Å². The van der Waals surface area contributed by atoms with Gasteiger partial charge in [-0.1, -0.05) is 17.2 Å².